The van der Waals surface area contributed by atoms with E-state index in [9.17, 15) is 4.21 Å². The van der Waals surface area contributed by atoms with Gasteiger partial charge < -0.3 is 5.73 Å². The van der Waals surface area contributed by atoms with E-state index in [1.54, 1.807) is 0 Å². The molecule has 0 saturated carbocycles. The van der Waals surface area contributed by atoms with Crippen LogP contribution in [0.5, 0.6) is 0 Å². The van der Waals surface area contributed by atoms with Crippen molar-refractivity contribution in [1.82, 2.24) is 0 Å². The smallest absolute Gasteiger partial charge is 0.0844 e. The van der Waals surface area contributed by atoms with E-state index in [2.05, 4.69) is 5.92 Å². The molecule has 0 rings (SSSR count). The van der Waals surface area contributed by atoms with Crippen LogP contribution in [0.1, 0.15) is 6.42 Å². The highest BCUT2D eigenvalue weighted by molar-refractivity contribution is 7.85. The zero-order chi connectivity index (χ0) is 7.11. The molecule has 0 aliphatic rings. The maximum atomic E-state index is 10.7. The molecule has 0 saturated heterocycles. The molecule has 0 bridgehead atoms. The van der Waals surface area contributed by atoms with Gasteiger partial charge in [0, 0.05) is 16.6 Å². The summed E-state index contributed by atoms with van der Waals surface area (Å²) in [6.07, 6.45) is 5.73. The number of nitrogens with two attached hydrogens (primary N) is 1. The van der Waals surface area contributed by atoms with Gasteiger partial charge in [-0.3, -0.25) is 4.21 Å². The molecule has 0 heterocycles. The lowest BCUT2D eigenvalue weighted by Gasteiger charge is -1.92. The molecule has 0 amide bonds. The molecule has 0 aliphatic heterocycles. The van der Waals surface area contributed by atoms with Crippen LogP contribution < -0.4 is 5.73 Å². The van der Waals surface area contributed by atoms with Crippen molar-refractivity contribution in [3.8, 4) is 12.3 Å². The summed E-state index contributed by atoms with van der Waals surface area (Å²) in [5, 5.41) is 0. The Morgan fingerprint density at radius 1 is 1.67 bits per heavy atom. The first-order valence-electron chi connectivity index (χ1n) is 2.79. The minimum absolute atomic E-state index is 0.361. The molecule has 0 fully saturated rings. The summed E-state index contributed by atoms with van der Waals surface area (Å²) in [5.74, 6) is 3.34. The molecule has 0 radical (unpaired) electrons. The van der Waals surface area contributed by atoms with Crippen LogP contribution in [0.25, 0.3) is 0 Å². The molecule has 0 aromatic heterocycles. The largest absolute Gasteiger partial charge is 0.330 e. The van der Waals surface area contributed by atoms with Crippen LogP contribution in [0.4, 0.5) is 0 Å². The summed E-state index contributed by atoms with van der Waals surface area (Å²) in [4.78, 5) is 0. The Bertz CT molecular complexity index is 128. The van der Waals surface area contributed by atoms with Gasteiger partial charge in [0.1, 0.15) is 0 Å². The Hall–Kier alpha value is -0.330. The minimum Gasteiger partial charge on any atom is -0.330 e. The first kappa shape index (κ1) is 8.67. The molecule has 0 aliphatic carbocycles. The summed E-state index contributed by atoms with van der Waals surface area (Å²) in [6.45, 7) is 0.594. The van der Waals surface area contributed by atoms with Crippen molar-refractivity contribution in [3.63, 3.8) is 0 Å². The monoisotopic (exact) mass is 145 g/mol. The zero-order valence-electron chi connectivity index (χ0n) is 5.30. The van der Waals surface area contributed by atoms with Crippen LogP contribution in [-0.2, 0) is 10.8 Å². The number of hydrogen-bond acceptors (Lipinski definition) is 2. The minimum atomic E-state index is -0.836. The third-order valence-corrected chi connectivity index (χ3v) is 2.05. The lowest BCUT2D eigenvalue weighted by Crippen LogP contribution is -2.07. The molecule has 52 valence electrons. The van der Waals surface area contributed by atoms with Gasteiger partial charge in [0.2, 0.25) is 0 Å². The molecular weight excluding hydrogens is 134 g/mol. The van der Waals surface area contributed by atoms with Crippen molar-refractivity contribution in [3.05, 3.63) is 0 Å². The topological polar surface area (TPSA) is 43.1 Å². The van der Waals surface area contributed by atoms with Gasteiger partial charge in [-0.15, -0.1) is 6.42 Å². The Balaban J connectivity index is 3.19. The summed E-state index contributed by atoms with van der Waals surface area (Å²) in [5.41, 5.74) is 5.19. The van der Waals surface area contributed by atoms with E-state index in [0.717, 1.165) is 6.42 Å². The van der Waals surface area contributed by atoms with Crippen molar-refractivity contribution in [2.75, 3.05) is 18.1 Å². The fourth-order valence-electron chi connectivity index (χ4n) is 0.409. The highest BCUT2D eigenvalue weighted by Gasteiger charge is 1.93. The number of hydrogen-bond donors (Lipinski definition) is 1. The maximum Gasteiger partial charge on any atom is 0.0844 e. The van der Waals surface area contributed by atoms with Crippen molar-refractivity contribution in [2.24, 2.45) is 5.73 Å². The fraction of sp³-hybridized carbons (Fsp3) is 0.667. The van der Waals surface area contributed by atoms with E-state index in [1.165, 1.54) is 0 Å². The van der Waals surface area contributed by atoms with Gasteiger partial charge >= 0.3 is 0 Å². The quantitative estimate of drug-likeness (QED) is 0.553. The van der Waals surface area contributed by atoms with Crippen molar-refractivity contribution in [2.45, 2.75) is 6.42 Å². The standard InChI is InChI=1S/C6H11NOS/c1-2-5-9(8)6-3-4-7/h1H,3-7H2. The van der Waals surface area contributed by atoms with Crippen molar-refractivity contribution in [1.29, 1.82) is 0 Å². The van der Waals surface area contributed by atoms with E-state index in [0.29, 0.717) is 18.1 Å². The van der Waals surface area contributed by atoms with Gasteiger partial charge in [0.05, 0.1) is 5.75 Å². The summed E-state index contributed by atoms with van der Waals surface area (Å²) < 4.78 is 10.7. The van der Waals surface area contributed by atoms with E-state index in [1.807, 2.05) is 0 Å². The normalized spacial score (nSPS) is 12.4. The molecular formula is C6H11NOS. The predicted octanol–water partition coefficient (Wildman–Crippen LogP) is -0.283. The third-order valence-electron chi connectivity index (χ3n) is 0.820. The van der Waals surface area contributed by atoms with Gasteiger partial charge in [-0.05, 0) is 13.0 Å². The van der Waals surface area contributed by atoms with Crippen LogP contribution in [0.3, 0.4) is 0 Å². The lowest BCUT2D eigenvalue weighted by molar-refractivity contribution is 0.683. The van der Waals surface area contributed by atoms with Gasteiger partial charge in [-0.2, -0.15) is 0 Å². The Labute approximate surface area is 58.3 Å². The lowest BCUT2D eigenvalue weighted by atomic mass is 10.5. The predicted molar refractivity (Wildman–Crippen MR) is 40.4 cm³/mol. The molecule has 0 aromatic rings. The van der Waals surface area contributed by atoms with Crippen LogP contribution >= 0.6 is 0 Å². The maximum absolute atomic E-state index is 10.7. The summed E-state index contributed by atoms with van der Waals surface area (Å²) >= 11 is 0. The molecule has 2 nitrogen and oxygen atoms in total. The second-order valence-electron chi connectivity index (χ2n) is 1.63. The second-order valence-corrected chi connectivity index (χ2v) is 3.21. The molecule has 0 aromatic carbocycles. The van der Waals surface area contributed by atoms with Crippen LogP contribution in [-0.4, -0.2) is 22.3 Å². The summed E-state index contributed by atoms with van der Waals surface area (Å²) in [7, 11) is -0.836. The Morgan fingerprint density at radius 3 is 2.78 bits per heavy atom. The van der Waals surface area contributed by atoms with Crippen LogP contribution in [0.15, 0.2) is 0 Å². The van der Waals surface area contributed by atoms with Gasteiger partial charge in [-0.25, -0.2) is 0 Å². The zero-order valence-corrected chi connectivity index (χ0v) is 6.12. The first-order valence-corrected chi connectivity index (χ1v) is 4.28. The number of terminal acetylenes is 1. The van der Waals surface area contributed by atoms with Crippen LogP contribution in [0, 0.1) is 12.3 Å². The molecule has 0 spiro atoms. The second kappa shape index (κ2) is 5.80. The van der Waals surface area contributed by atoms with E-state index in [-0.39, 0.29) is 0 Å². The Kier molecular flexibility index (Phi) is 5.59. The third kappa shape index (κ3) is 5.54. The molecule has 3 heteroatoms. The van der Waals surface area contributed by atoms with Crippen molar-refractivity contribution >= 4 is 10.8 Å². The SMILES string of the molecule is C#CCS(=O)CCCN. The highest BCUT2D eigenvalue weighted by Crippen LogP contribution is 1.83. The summed E-state index contributed by atoms with van der Waals surface area (Å²) in [6, 6.07) is 0. The van der Waals surface area contributed by atoms with E-state index < -0.39 is 10.8 Å². The first-order chi connectivity index (χ1) is 4.31. The highest BCUT2D eigenvalue weighted by atomic mass is 32.2. The van der Waals surface area contributed by atoms with Crippen molar-refractivity contribution < 1.29 is 4.21 Å². The molecule has 2 N–H and O–H groups in total. The number of rotatable bonds is 4. The molecule has 9 heavy (non-hydrogen) atoms. The average Bonchev–Trinajstić information content (AvgIpc) is 1.85. The average molecular weight is 145 g/mol. The van der Waals surface area contributed by atoms with E-state index in [4.69, 9.17) is 12.2 Å². The Morgan fingerprint density at radius 2 is 2.33 bits per heavy atom. The van der Waals surface area contributed by atoms with Gasteiger partial charge in [0.25, 0.3) is 0 Å². The van der Waals surface area contributed by atoms with Gasteiger partial charge in [0.15, 0.2) is 0 Å². The van der Waals surface area contributed by atoms with Crippen LogP contribution in [0.2, 0.25) is 0 Å². The van der Waals surface area contributed by atoms with Gasteiger partial charge in [-0.1, -0.05) is 5.92 Å². The molecule has 1 atom stereocenters. The van der Waals surface area contributed by atoms with E-state index >= 15 is 0 Å². The fourth-order valence-corrected chi connectivity index (χ4v) is 1.23. The molecule has 1 unspecified atom stereocenters.